The molecule has 0 bridgehead atoms. The van der Waals surface area contributed by atoms with Crippen LogP contribution in [-0.2, 0) is 11.3 Å². The van der Waals surface area contributed by atoms with Crippen molar-refractivity contribution < 1.29 is 9.53 Å². The van der Waals surface area contributed by atoms with Crippen molar-refractivity contribution in [3.05, 3.63) is 27.9 Å². The number of anilines is 1. The predicted molar refractivity (Wildman–Crippen MR) is 91.3 cm³/mol. The second-order valence-corrected chi connectivity index (χ2v) is 6.27. The first-order valence-corrected chi connectivity index (χ1v) is 8.37. The molecule has 3 rings (SSSR count). The summed E-state index contributed by atoms with van der Waals surface area (Å²) in [6.07, 6.45) is 0. The molecule has 0 atom stereocenters. The van der Waals surface area contributed by atoms with E-state index in [2.05, 4.69) is 30.5 Å². The predicted octanol–water partition coefficient (Wildman–Crippen LogP) is 2.52. The molecule has 0 saturated carbocycles. The fourth-order valence-corrected chi connectivity index (χ4v) is 3.52. The monoisotopic (exact) mass is 346 g/mol. The summed E-state index contributed by atoms with van der Waals surface area (Å²) < 4.78 is 5.12. The molecule has 3 aromatic heterocycles. The maximum atomic E-state index is 12.1. The molecule has 0 spiro atoms. The summed E-state index contributed by atoms with van der Waals surface area (Å²) >= 11 is 1.32. The molecule has 3 heterocycles. The molecule has 8 nitrogen and oxygen atoms in total. The molecule has 0 aliphatic rings. The molecule has 0 aromatic carbocycles. The van der Waals surface area contributed by atoms with E-state index in [0.29, 0.717) is 35.5 Å². The van der Waals surface area contributed by atoms with Crippen molar-refractivity contribution in [3.63, 3.8) is 0 Å². The van der Waals surface area contributed by atoms with E-state index in [0.717, 1.165) is 21.6 Å². The lowest BCUT2D eigenvalue weighted by atomic mass is 10.2. The van der Waals surface area contributed by atoms with Crippen LogP contribution in [0.1, 0.15) is 39.6 Å². The van der Waals surface area contributed by atoms with Crippen molar-refractivity contribution in [3.8, 4) is 0 Å². The number of rotatable bonds is 5. The number of aryl methyl sites for hydroxylation is 3. The Morgan fingerprint density at radius 1 is 1.25 bits per heavy atom. The number of H-pyrrole nitrogens is 1. The summed E-state index contributed by atoms with van der Waals surface area (Å²) in [6, 6.07) is 0. The van der Waals surface area contributed by atoms with Gasteiger partial charge in [-0.2, -0.15) is 5.10 Å². The van der Waals surface area contributed by atoms with E-state index >= 15 is 0 Å². The molecule has 0 unspecified atom stereocenters. The van der Waals surface area contributed by atoms with Crippen LogP contribution in [0.25, 0.3) is 10.2 Å². The minimum absolute atomic E-state index is 0.328. The van der Waals surface area contributed by atoms with Crippen molar-refractivity contribution in [1.82, 2.24) is 25.1 Å². The Labute approximate surface area is 142 Å². The Morgan fingerprint density at radius 2 is 2.04 bits per heavy atom. The fourth-order valence-electron chi connectivity index (χ4n) is 2.40. The third-order valence-corrected chi connectivity index (χ3v) is 4.59. The fraction of sp³-hybridized carbons (Fsp3) is 0.400. The second-order valence-electron chi connectivity index (χ2n) is 5.27. The van der Waals surface area contributed by atoms with Gasteiger partial charge in [0, 0.05) is 0 Å². The van der Waals surface area contributed by atoms with E-state index in [1.165, 1.54) is 11.3 Å². The van der Waals surface area contributed by atoms with Crippen molar-refractivity contribution in [2.24, 2.45) is 0 Å². The standard InChI is InChI=1S/C15H18N6O2S/c1-5-23-15(22)12-7(2)11-13(18-8(3)19-14(11)24-12)16-6-10-17-9(4)20-21-10/h5-6H2,1-4H3,(H,16,18,19)(H,17,20,21). The number of thiophene rings is 1. The van der Waals surface area contributed by atoms with E-state index in [1.807, 2.05) is 20.8 Å². The lowest BCUT2D eigenvalue weighted by Crippen LogP contribution is -2.06. The number of hydrogen-bond acceptors (Lipinski definition) is 8. The molecular weight excluding hydrogens is 328 g/mol. The number of carbonyl (C=O) groups is 1. The van der Waals surface area contributed by atoms with Crippen molar-refractivity contribution in [2.45, 2.75) is 34.2 Å². The number of ether oxygens (including phenoxy) is 1. The number of hydrogen-bond donors (Lipinski definition) is 2. The number of esters is 1. The van der Waals surface area contributed by atoms with Crippen LogP contribution in [-0.4, -0.2) is 37.7 Å². The average Bonchev–Trinajstić information content (AvgIpc) is 3.09. The van der Waals surface area contributed by atoms with E-state index in [4.69, 9.17) is 4.74 Å². The molecule has 0 amide bonds. The number of fused-ring (bicyclic) bond motifs is 1. The van der Waals surface area contributed by atoms with Gasteiger partial charge in [-0.05, 0) is 33.3 Å². The summed E-state index contributed by atoms with van der Waals surface area (Å²) in [7, 11) is 0. The normalized spacial score (nSPS) is 11.0. The smallest absolute Gasteiger partial charge is 0.348 e. The summed E-state index contributed by atoms with van der Waals surface area (Å²) in [5.41, 5.74) is 0.821. The zero-order valence-corrected chi connectivity index (χ0v) is 14.7. The molecular formula is C15H18N6O2S. The van der Waals surface area contributed by atoms with Gasteiger partial charge in [0.1, 0.15) is 27.2 Å². The van der Waals surface area contributed by atoms with Gasteiger partial charge in [-0.3, -0.25) is 5.10 Å². The molecule has 0 saturated heterocycles. The number of aromatic amines is 1. The number of nitrogens with one attached hydrogen (secondary N) is 2. The highest BCUT2D eigenvalue weighted by atomic mass is 32.1. The van der Waals surface area contributed by atoms with Crippen molar-refractivity contribution >= 4 is 33.3 Å². The Hall–Kier alpha value is -2.55. The summed E-state index contributed by atoms with van der Waals surface area (Å²) in [5, 5.41) is 11.0. The molecule has 126 valence electrons. The summed E-state index contributed by atoms with van der Waals surface area (Å²) in [6.45, 7) is 8.10. The van der Waals surface area contributed by atoms with Crippen LogP contribution in [0.2, 0.25) is 0 Å². The third kappa shape index (κ3) is 3.07. The van der Waals surface area contributed by atoms with Crippen LogP contribution < -0.4 is 5.32 Å². The third-order valence-electron chi connectivity index (χ3n) is 3.42. The second kappa shape index (κ2) is 6.52. The van der Waals surface area contributed by atoms with Crippen LogP contribution in [0.15, 0.2) is 0 Å². The van der Waals surface area contributed by atoms with Gasteiger partial charge in [0.15, 0.2) is 5.82 Å². The van der Waals surface area contributed by atoms with Gasteiger partial charge >= 0.3 is 5.97 Å². The highest BCUT2D eigenvalue weighted by Gasteiger charge is 2.21. The summed E-state index contributed by atoms with van der Waals surface area (Å²) in [4.78, 5) is 26.6. The van der Waals surface area contributed by atoms with E-state index in [1.54, 1.807) is 6.92 Å². The maximum Gasteiger partial charge on any atom is 0.348 e. The highest BCUT2D eigenvalue weighted by Crippen LogP contribution is 2.34. The maximum absolute atomic E-state index is 12.1. The molecule has 0 aliphatic heterocycles. The average molecular weight is 346 g/mol. The Bertz CT molecular complexity index is 901. The van der Waals surface area contributed by atoms with Gasteiger partial charge in [0.25, 0.3) is 0 Å². The molecule has 2 N–H and O–H groups in total. The molecule has 3 aromatic rings. The van der Waals surface area contributed by atoms with Crippen LogP contribution >= 0.6 is 11.3 Å². The lowest BCUT2D eigenvalue weighted by molar-refractivity contribution is 0.0531. The van der Waals surface area contributed by atoms with Crippen LogP contribution in [0.3, 0.4) is 0 Å². The lowest BCUT2D eigenvalue weighted by Gasteiger charge is -2.06. The molecule has 0 fully saturated rings. The first-order chi connectivity index (χ1) is 11.5. The molecule has 0 radical (unpaired) electrons. The van der Waals surface area contributed by atoms with E-state index in [9.17, 15) is 4.79 Å². The first kappa shape index (κ1) is 16.3. The highest BCUT2D eigenvalue weighted by molar-refractivity contribution is 7.20. The zero-order chi connectivity index (χ0) is 17.3. The van der Waals surface area contributed by atoms with Crippen LogP contribution in [0.5, 0.6) is 0 Å². The van der Waals surface area contributed by atoms with Gasteiger partial charge in [-0.15, -0.1) is 11.3 Å². The van der Waals surface area contributed by atoms with Gasteiger partial charge in [0.2, 0.25) is 0 Å². The number of carbonyl (C=O) groups excluding carboxylic acids is 1. The first-order valence-electron chi connectivity index (χ1n) is 7.56. The van der Waals surface area contributed by atoms with E-state index < -0.39 is 0 Å². The zero-order valence-electron chi connectivity index (χ0n) is 13.9. The summed E-state index contributed by atoms with van der Waals surface area (Å²) in [5.74, 6) is 2.38. The Balaban J connectivity index is 1.98. The van der Waals surface area contributed by atoms with Gasteiger partial charge in [-0.25, -0.2) is 19.7 Å². The number of aromatic nitrogens is 5. The van der Waals surface area contributed by atoms with Gasteiger partial charge in [-0.1, -0.05) is 0 Å². The molecule has 9 heteroatoms. The largest absolute Gasteiger partial charge is 0.462 e. The van der Waals surface area contributed by atoms with Crippen LogP contribution in [0, 0.1) is 20.8 Å². The molecule has 0 aliphatic carbocycles. The SMILES string of the molecule is CCOC(=O)c1sc2nc(C)nc(NCc3n[nH]c(C)n3)c2c1C. The number of nitrogens with zero attached hydrogens (tertiary/aromatic N) is 4. The quantitative estimate of drug-likeness (QED) is 0.684. The minimum atomic E-state index is -0.328. The Kier molecular flexibility index (Phi) is 4.43. The topological polar surface area (TPSA) is 106 Å². The van der Waals surface area contributed by atoms with Crippen molar-refractivity contribution in [2.75, 3.05) is 11.9 Å². The van der Waals surface area contributed by atoms with Gasteiger partial charge in [0.05, 0.1) is 18.5 Å². The van der Waals surface area contributed by atoms with Crippen LogP contribution in [0.4, 0.5) is 5.82 Å². The molecule has 24 heavy (non-hydrogen) atoms. The van der Waals surface area contributed by atoms with Gasteiger partial charge < -0.3 is 10.1 Å². The van der Waals surface area contributed by atoms with E-state index in [-0.39, 0.29) is 5.97 Å². The van der Waals surface area contributed by atoms with Crippen molar-refractivity contribution in [1.29, 1.82) is 0 Å². The minimum Gasteiger partial charge on any atom is -0.462 e. The Morgan fingerprint density at radius 3 is 2.71 bits per heavy atom.